The number of rotatable bonds is 4. The van der Waals surface area contributed by atoms with Gasteiger partial charge in [-0.3, -0.25) is 9.69 Å². The summed E-state index contributed by atoms with van der Waals surface area (Å²) in [4.78, 5) is 16.6. The van der Waals surface area contributed by atoms with E-state index in [4.69, 9.17) is 10.00 Å². The zero-order valence-electron chi connectivity index (χ0n) is 11.5. The maximum absolute atomic E-state index is 12.4. The van der Waals surface area contributed by atoms with Crippen LogP contribution in [-0.2, 0) is 9.53 Å². The van der Waals surface area contributed by atoms with E-state index in [1.54, 1.807) is 0 Å². The van der Waals surface area contributed by atoms with E-state index >= 15 is 0 Å². The van der Waals surface area contributed by atoms with Crippen molar-refractivity contribution in [1.29, 1.82) is 5.26 Å². The number of ether oxygens (including phenoxy) is 1. The average molecular weight is 266 g/mol. The average Bonchev–Trinajstić information content (AvgIpc) is 2.93. The van der Waals surface area contributed by atoms with Crippen molar-refractivity contribution in [2.75, 3.05) is 53.0 Å². The fourth-order valence-electron chi connectivity index (χ4n) is 2.72. The van der Waals surface area contributed by atoms with Crippen LogP contribution in [0.15, 0.2) is 0 Å². The Morgan fingerprint density at radius 1 is 1.37 bits per heavy atom. The standard InChI is InChI=1S/C13H22N4O2/c1-15-12-10-19-9-11(12)13(18)17-7-5-16(6-8-17)4-2-3-14/h11-12,15H,2,4-10H2,1H3. The van der Waals surface area contributed by atoms with E-state index in [9.17, 15) is 4.79 Å². The number of amides is 1. The van der Waals surface area contributed by atoms with Crippen molar-refractivity contribution in [2.24, 2.45) is 5.92 Å². The Morgan fingerprint density at radius 3 is 2.74 bits per heavy atom. The third kappa shape index (κ3) is 3.44. The van der Waals surface area contributed by atoms with Gasteiger partial charge in [0.2, 0.25) is 5.91 Å². The quantitative estimate of drug-likeness (QED) is 0.727. The maximum Gasteiger partial charge on any atom is 0.229 e. The lowest BCUT2D eigenvalue weighted by atomic mass is 10.0. The van der Waals surface area contributed by atoms with Crippen molar-refractivity contribution >= 4 is 5.91 Å². The Labute approximate surface area is 114 Å². The molecule has 2 unspecified atom stereocenters. The topological polar surface area (TPSA) is 68.6 Å². The van der Waals surface area contributed by atoms with E-state index in [1.165, 1.54) is 0 Å². The van der Waals surface area contributed by atoms with E-state index in [-0.39, 0.29) is 17.9 Å². The third-order valence-corrected chi connectivity index (χ3v) is 3.99. The second-order valence-corrected chi connectivity index (χ2v) is 5.11. The first-order valence-electron chi connectivity index (χ1n) is 6.89. The van der Waals surface area contributed by atoms with E-state index in [2.05, 4.69) is 16.3 Å². The Bertz CT molecular complexity index is 347. The van der Waals surface area contributed by atoms with E-state index < -0.39 is 0 Å². The number of nitrogens with one attached hydrogen (secondary N) is 1. The highest BCUT2D eigenvalue weighted by Gasteiger charge is 2.36. The van der Waals surface area contributed by atoms with Gasteiger partial charge in [0.25, 0.3) is 0 Å². The van der Waals surface area contributed by atoms with Crippen molar-refractivity contribution in [1.82, 2.24) is 15.1 Å². The van der Waals surface area contributed by atoms with Gasteiger partial charge < -0.3 is 15.0 Å². The number of likely N-dealkylation sites (N-methyl/N-ethyl adjacent to an activating group) is 1. The molecule has 2 fully saturated rings. The molecule has 0 saturated carbocycles. The molecule has 2 saturated heterocycles. The van der Waals surface area contributed by atoms with Gasteiger partial charge in [-0.15, -0.1) is 0 Å². The molecule has 2 rings (SSSR count). The minimum Gasteiger partial charge on any atom is -0.379 e. The summed E-state index contributed by atoms with van der Waals surface area (Å²) in [6, 6.07) is 2.30. The number of carbonyl (C=O) groups excluding carboxylic acids is 1. The molecular formula is C13H22N4O2. The normalized spacial score (nSPS) is 28.3. The number of hydrogen-bond acceptors (Lipinski definition) is 5. The summed E-state index contributed by atoms with van der Waals surface area (Å²) in [6.45, 7) is 5.21. The number of nitrogens with zero attached hydrogens (tertiary/aromatic N) is 3. The van der Waals surface area contributed by atoms with Crippen LogP contribution in [0, 0.1) is 17.2 Å². The molecule has 2 atom stereocenters. The first kappa shape index (κ1) is 14.3. The Kier molecular flexibility index (Phi) is 5.14. The Balaban J connectivity index is 1.81. The molecule has 0 aromatic rings. The molecule has 1 N–H and O–H groups in total. The van der Waals surface area contributed by atoms with Gasteiger partial charge in [-0.05, 0) is 7.05 Å². The smallest absolute Gasteiger partial charge is 0.229 e. The second kappa shape index (κ2) is 6.85. The summed E-state index contributed by atoms with van der Waals surface area (Å²) >= 11 is 0. The number of piperazine rings is 1. The van der Waals surface area contributed by atoms with Crippen LogP contribution < -0.4 is 5.32 Å². The van der Waals surface area contributed by atoms with Crippen molar-refractivity contribution < 1.29 is 9.53 Å². The number of nitriles is 1. The monoisotopic (exact) mass is 266 g/mol. The maximum atomic E-state index is 12.4. The van der Waals surface area contributed by atoms with Gasteiger partial charge >= 0.3 is 0 Å². The summed E-state index contributed by atoms with van der Waals surface area (Å²) in [6.07, 6.45) is 0.562. The highest BCUT2D eigenvalue weighted by Crippen LogP contribution is 2.17. The zero-order valence-corrected chi connectivity index (χ0v) is 11.5. The van der Waals surface area contributed by atoms with Crippen molar-refractivity contribution in [2.45, 2.75) is 12.5 Å². The van der Waals surface area contributed by atoms with Gasteiger partial charge in [0.15, 0.2) is 0 Å². The Morgan fingerprint density at radius 2 is 2.11 bits per heavy atom. The molecule has 0 aromatic heterocycles. The minimum atomic E-state index is -0.0457. The van der Waals surface area contributed by atoms with Gasteiger partial charge in [0.05, 0.1) is 25.2 Å². The zero-order chi connectivity index (χ0) is 13.7. The lowest BCUT2D eigenvalue weighted by molar-refractivity contribution is -0.137. The van der Waals surface area contributed by atoms with E-state index in [0.29, 0.717) is 19.6 Å². The molecule has 2 aliphatic rings. The molecule has 6 nitrogen and oxygen atoms in total. The van der Waals surface area contributed by atoms with E-state index in [0.717, 1.165) is 32.7 Å². The molecule has 0 spiro atoms. The fourth-order valence-corrected chi connectivity index (χ4v) is 2.72. The molecule has 19 heavy (non-hydrogen) atoms. The molecule has 0 radical (unpaired) electrons. The van der Waals surface area contributed by atoms with E-state index in [1.807, 2.05) is 11.9 Å². The van der Waals surface area contributed by atoms with Gasteiger partial charge in [-0.25, -0.2) is 0 Å². The van der Waals surface area contributed by atoms with Crippen molar-refractivity contribution in [3.05, 3.63) is 0 Å². The number of hydrogen-bond donors (Lipinski definition) is 1. The van der Waals surface area contributed by atoms with Gasteiger partial charge in [-0.1, -0.05) is 0 Å². The van der Waals surface area contributed by atoms with Crippen LogP contribution in [0.25, 0.3) is 0 Å². The Hall–Kier alpha value is -1.16. The van der Waals surface area contributed by atoms with Gasteiger partial charge in [0.1, 0.15) is 0 Å². The van der Waals surface area contributed by atoms with Gasteiger partial charge in [-0.2, -0.15) is 5.26 Å². The molecule has 0 aliphatic carbocycles. The molecule has 2 aliphatic heterocycles. The summed E-state index contributed by atoms with van der Waals surface area (Å²) in [7, 11) is 1.87. The second-order valence-electron chi connectivity index (χ2n) is 5.11. The lowest BCUT2D eigenvalue weighted by Crippen LogP contribution is -2.52. The SMILES string of the molecule is CNC1COCC1C(=O)N1CCN(CCC#N)CC1. The van der Waals surface area contributed by atoms with Crippen LogP contribution in [0.3, 0.4) is 0 Å². The molecule has 106 valence electrons. The minimum absolute atomic E-state index is 0.0457. The van der Waals surface area contributed by atoms with Crippen molar-refractivity contribution in [3.63, 3.8) is 0 Å². The van der Waals surface area contributed by atoms with Crippen LogP contribution in [0.2, 0.25) is 0 Å². The lowest BCUT2D eigenvalue weighted by Gasteiger charge is -2.36. The fraction of sp³-hybridized carbons (Fsp3) is 0.846. The molecule has 0 aromatic carbocycles. The van der Waals surface area contributed by atoms with Crippen LogP contribution in [0.1, 0.15) is 6.42 Å². The van der Waals surface area contributed by atoms with Crippen LogP contribution in [-0.4, -0.2) is 74.7 Å². The summed E-state index contributed by atoms with van der Waals surface area (Å²) in [5.41, 5.74) is 0. The first-order chi connectivity index (χ1) is 9.26. The van der Waals surface area contributed by atoms with Crippen LogP contribution in [0.5, 0.6) is 0 Å². The largest absolute Gasteiger partial charge is 0.379 e. The predicted octanol–water partition coefficient (Wildman–Crippen LogP) is -0.721. The van der Waals surface area contributed by atoms with Crippen LogP contribution in [0.4, 0.5) is 0 Å². The molecule has 6 heteroatoms. The van der Waals surface area contributed by atoms with Crippen LogP contribution >= 0.6 is 0 Å². The summed E-state index contributed by atoms with van der Waals surface area (Å²) in [5.74, 6) is 0.160. The molecular weight excluding hydrogens is 244 g/mol. The highest BCUT2D eigenvalue weighted by atomic mass is 16.5. The highest BCUT2D eigenvalue weighted by molar-refractivity contribution is 5.80. The number of carbonyl (C=O) groups is 1. The third-order valence-electron chi connectivity index (χ3n) is 3.99. The first-order valence-corrected chi connectivity index (χ1v) is 6.89. The molecule has 2 heterocycles. The van der Waals surface area contributed by atoms with Gasteiger partial charge in [0, 0.05) is 45.2 Å². The molecule has 1 amide bonds. The predicted molar refractivity (Wildman–Crippen MR) is 70.4 cm³/mol. The summed E-state index contributed by atoms with van der Waals surface area (Å²) < 4.78 is 5.39. The van der Waals surface area contributed by atoms with Crippen molar-refractivity contribution in [3.8, 4) is 6.07 Å². The molecule has 0 bridgehead atoms. The summed E-state index contributed by atoms with van der Waals surface area (Å²) in [5, 5.41) is 11.7.